The first-order valence-electron chi connectivity index (χ1n) is 7.89. The van der Waals surface area contributed by atoms with Crippen molar-refractivity contribution < 1.29 is 4.79 Å². The summed E-state index contributed by atoms with van der Waals surface area (Å²) in [5.41, 5.74) is 1.82. The van der Waals surface area contributed by atoms with Crippen LogP contribution in [0.1, 0.15) is 16.1 Å². The number of benzene rings is 1. The van der Waals surface area contributed by atoms with Crippen LogP contribution in [0.3, 0.4) is 0 Å². The zero-order valence-corrected chi connectivity index (χ0v) is 15.0. The van der Waals surface area contributed by atoms with E-state index in [-0.39, 0.29) is 18.3 Å². The van der Waals surface area contributed by atoms with Crippen molar-refractivity contribution in [2.75, 3.05) is 32.7 Å². The van der Waals surface area contributed by atoms with E-state index in [1.807, 2.05) is 23.2 Å². The van der Waals surface area contributed by atoms with Crippen LogP contribution < -0.4 is 0 Å². The highest BCUT2D eigenvalue weighted by Crippen LogP contribution is 2.13. The number of aromatic nitrogens is 1. The Bertz CT molecular complexity index is 641. The van der Waals surface area contributed by atoms with Crippen LogP contribution in [0.15, 0.2) is 48.7 Å². The van der Waals surface area contributed by atoms with Crippen LogP contribution in [0, 0.1) is 0 Å². The number of piperazine rings is 1. The topological polar surface area (TPSA) is 36.4 Å². The Morgan fingerprint density at radius 2 is 1.75 bits per heavy atom. The van der Waals surface area contributed by atoms with E-state index in [9.17, 15) is 4.79 Å². The molecule has 0 unspecified atom stereocenters. The van der Waals surface area contributed by atoms with Crippen molar-refractivity contribution in [3.8, 4) is 0 Å². The number of halogens is 2. The largest absolute Gasteiger partial charge is 0.336 e. The summed E-state index contributed by atoms with van der Waals surface area (Å²) in [5.74, 6) is 0.0889. The summed E-state index contributed by atoms with van der Waals surface area (Å²) < 4.78 is 0. The van der Waals surface area contributed by atoms with E-state index < -0.39 is 0 Å². The number of amides is 1. The van der Waals surface area contributed by atoms with Crippen molar-refractivity contribution in [1.29, 1.82) is 0 Å². The molecule has 1 saturated heterocycles. The molecule has 0 radical (unpaired) electrons. The quantitative estimate of drug-likeness (QED) is 0.834. The molecule has 1 aromatic carbocycles. The molecule has 24 heavy (non-hydrogen) atoms. The van der Waals surface area contributed by atoms with Crippen molar-refractivity contribution in [1.82, 2.24) is 14.8 Å². The molecule has 128 valence electrons. The van der Waals surface area contributed by atoms with Gasteiger partial charge in [-0.2, -0.15) is 0 Å². The predicted octanol–water partition coefficient (Wildman–Crippen LogP) is 3.16. The van der Waals surface area contributed by atoms with Crippen molar-refractivity contribution in [2.24, 2.45) is 0 Å². The molecule has 0 saturated carbocycles. The van der Waals surface area contributed by atoms with Gasteiger partial charge in [0.25, 0.3) is 5.91 Å². The van der Waals surface area contributed by atoms with Crippen molar-refractivity contribution in [3.63, 3.8) is 0 Å². The van der Waals surface area contributed by atoms with Gasteiger partial charge in [-0.25, -0.2) is 0 Å². The highest BCUT2D eigenvalue weighted by molar-refractivity contribution is 6.30. The molecule has 2 heterocycles. The molecule has 6 heteroatoms. The molecule has 4 nitrogen and oxygen atoms in total. The minimum absolute atomic E-state index is 0. The molecule has 1 fully saturated rings. The fourth-order valence-corrected chi connectivity index (χ4v) is 2.89. The summed E-state index contributed by atoms with van der Waals surface area (Å²) in [5, 5.41) is 0.654. The molecule has 0 bridgehead atoms. The summed E-state index contributed by atoms with van der Waals surface area (Å²) in [4.78, 5) is 21.1. The fraction of sp³-hybridized carbons (Fsp3) is 0.333. The lowest BCUT2D eigenvalue weighted by Crippen LogP contribution is -2.49. The van der Waals surface area contributed by atoms with Gasteiger partial charge in [0.15, 0.2) is 0 Å². The molecule has 1 aliphatic heterocycles. The number of nitrogens with zero attached hydrogens (tertiary/aromatic N) is 3. The monoisotopic (exact) mass is 365 g/mol. The van der Waals surface area contributed by atoms with Crippen molar-refractivity contribution in [2.45, 2.75) is 6.42 Å². The number of hydrogen-bond acceptors (Lipinski definition) is 3. The maximum atomic E-state index is 12.5. The highest BCUT2D eigenvalue weighted by Gasteiger charge is 2.21. The fourth-order valence-electron chi connectivity index (χ4n) is 2.77. The van der Waals surface area contributed by atoms with Crippen LogP contribution in [0.5, 0.6) is 0 Å². The van der Waals surface area contributed by atoms with Crippen LogP contribution in [0.4, 0.5) is 0 Å². The van der Waals surface area contributed by atoms with Crippen LogP contribution in [-0.4, -0.2) is 53.4 Å². The SMILES string of the molecule is Cl.O=C(c1ccc(Cl)cc1)N1CCN(CCc2ccccn2)CC1. The molecule has 1 aliphatic rings. The van der Waals surface area contributed by atoms with Gasteiger partial charge in [0.1, 0.15) is 0 Å². The van der Waals surface area contributed by atoms with Gasteiger partial charge < -0.3 is 4.90 Å². The molecule has 2 aromatic rings. The van der Waals surface area contributed by atoms with E-state index in [2.05, 4.69) is 16.0 Å². The van der Waals surface area contributed by atoms with Gasteiger partial charge >= 0.3 is 0 Å². The number of hydrogen-bond donors (Lipinski definition) is 0. The third-order valence-electron chi connectivity index (χ3n) is 4.16. The minimum Gasteiger partial charge on any atom is -0.336 e. The first-order valence-corrected chi connectivity index (χ1v) is 8.27. The normalized spacial score (nSPS) is 15.0. The minimum atomic E-state index is 0. The van der Waals surface area contributed by atoms with Gasteiger partial charge in [-0.05, 0) is 36.4 Å². The van der Waals surface area contributed by atoms with E-state index >= 15 is 0 Å². The summed E-state index contributed by atoms with van der Waals surface area (Å²) in [7, 11) is 0. The third kappa shape index (κ3) is 4.94. The van der Waals surface area contributed by atoms with Crippen molar-refractivity contribution in [3.05, 3.63) is 64.9 Å². The second-order valence-corrected chi connectivity index (χ2v) is 6.15. The summed E-state index contributed by atoms with van der Waals surface area (Å²) in [6, 6.07) is 13.1. The lowest BCUT2D eigenvalue weighted by molar-refractivity contribution is 0.0638. The number of pyridine rings is 1. The Labute approximate surface area is 153 Å². The Morgan fingerprint density at radius 1 is 1.04 bits per heavy atom. The molecule has 0 N–H and O–H groups in total. The van der Waals surface area contributed by atoms with Crippen LogP contribution >= 0.6 is 24.0 Å². The Kier molecular flexibility index (Phi) is 7.03. The Hall–Kier alpha value is -1.62. The lowest BCUT2D eigenvalue weighted by atomic mass is 10.1. The molecular formula is C18H21Cl2N3O. The molecule has 0 atom stereocenters. The zero-order chi connectivity index (χ0) is 16.1. The van der Waals surface area contributed by atoms with E-state index in [1.165, 1.54) is 0 Å². The maximum Gasteiger partial charge on any atom is 0.253 e. The lowest BCUT2D eigenvalue weighted by Gasteiger charge is -2.34. The highest BCUT2D eigenvalue weighted by atomic mass is 35.5. The van der Waals surface area contributed by atoms with E-state index in [1.54, 1.807) is 24.3 Å². The van der Waals surface area contributed by atoms with E-state index in [4.69, 9.17) is 11.6 Å². The van der Waals surface area contributed by atoms with Gasteiger partial charge in [0.2, 0.25) is 0 Å². The smallest absolute Gasteiger partial charge is 0.253 e. The summed E-state index contributed by atoms with van der Waals surface area (Å²) in [6.45, 7) is 4.34. The second kappa shape index (κ2) is 9.02. The molecular weight excluding hydrogens is 345 g/mol. The van der Waals surface area contributed by atoms with Gasteiger partial charge in [0.05, 0.1) is 0 Å². The number of carbonyl (C=O) groups excluding carboxylic acids is 1. The molecule has 0 aliphatic carbocycles. The number of rotatable bonds is 4. The van der Waals surface area contributed by atoms with Crippen LogP contribution in [0.2, 0.25) is 5.02 Å². The maximum absolute atomic E-state index is 12.5. The van der Waals surface area contributed by atoms with Gasteiger partial charge in [-0.3, -0.25) is 14.7 Å². The average Bonchev–Trinajstić information content (AvgIpc) is 2.61. The van der Waals surface area contributed by atoms with Crippen LogP contribution in [0.25, 0.3) is 0 Å². The van der Waals surface area contributed by atoms with E-state index in [0.717, 1.165) is 44.8 Å². The van der Waals surface area contributed by atoms with E-state index in [0.29, 0.717) is 10.6 Å². The standard InChI is InChI=1S/C18H20ClN3O.ClH/c19-16-6-4-15(5-7-16)18(23)22-13-11-21(12-14-22)10-8-17-3-1-2-9-20-17;/h1-7,9H,8,10-14H2;1H. The second-order valence-electron chi connectivity index (χ2n) is 5.71. The molecule has 3 rings (SSSR count). The van der Waals surface area contributed by atoms with Gasteiger partial charge in [-0.15, -0.1) is 12.4 Å². The van der Waals surface area contributed by atoms with Crippen molar-refractivity contribution >= 4 is 29.9 Å². The first kappa shape index (κ1) is 18.7. The third-order valence-corrected chi connectivity index (χ3v) is 4.41. The number of carbonyl (C=O) groups is 1. The average molecular weight is 366 g/mol. The molecule has 1 aromatic heterocycles. The summed E-state index contributed by atoms with van der Waals surface area (Å²) in [6.07, 6.45) is 2.78. The first-order chi connectivity index (χ1) is 11.2. The molecule has 1 amide bonds. The van der Waals surface area contributed by atoms with Crippen LogP contribution in [-0.2, 0) is 6.42 Å². The van der Waals surface area contributed by atoms with Gasteiger partial charge in [-0.1, -0.05) is 17.7 Å². The Morgan fingerprint density at radius 3 is 2.38 bits per heavy atom. The summed E-state index contributed by atoms with van der Waals surface area (Å²) >= 11 is 5.87. The zero-order valence-electron chi connectivity index (χ0n) is 13.4. The Balaban J connectivity index is 0.00000208. The van der Waals surface area contributed by atoms with Gasteiger partial charge in [0, 0.05) is 61.6 Å². The molecule has 0 spiro atoms. The predicted molar refractivity (Wildman–Crippen MR) is 99.0 cm³/mol.